The third-order valence-corrected chi connectivity index (χ3v) is 7.03. The number of piperidine rings is 2. The summed E-state index contributed by atoms with van der Waals surface area (Å²) in [5.41, 5.74) is 1.54. The zero-order valence-corrected chi connectivity index (χ0v) is 13.9. The molecular formula is C17H22N2O3S. The van der Waals surface area contributed by atoms with E-state index in [-0.39, 0.29) is 10.7 Å². The Hall–Kier alpha value is -1.24. The van der Waals surface area contributed by atoms with E-state index in [1.807, 2.05) is 0 Å². The van der Waals surface area contributed by atoms with Crippen LogP contribution in [0.25, 0.3) is 0 Å². The topological polar surface area (TPSA) is 75.3 Å². The zero-order chi connectivity index (χ0) is 16.0. The van der Waals surface area contributed by atoms with Crippen LogP contribution in [-0.2, 0) is 16.4 Å². The van der Waals surface area contributed by atoms with E-state index in [0.29, 0.717) is 36.4 Å². The first-order valence-electron chi connectivity index (χ1n) is 8.42. The Morgan fingerprint density at radius 2 is 2.09 bits per heavy atom. The molecule has 1 aromatic rings. The lowest BCUT2D eigenvalue weighted by Crippen LogP contribution is -2.53. The van der Waals surface area contributed by atoms with Gasteiger partial charge in [0, 0.05) is 24.6 Å². The van der Waals surface area contributed by atoms with Gasteiger partial charge in [0.2, 0.25) is 10.0 Å². The van der Waals surface area contributed by atoms with Crippen molar-refractivity contribution in [1.29, 1.82) is 0 Å². The molecule has 2 aliphatic carbocycles. The van der Waals surface area contributed by atoms with Gasteiger partial charge in [-0.25, -0.2) is 13.1 Å². The number of carbonyl (C=O) groups excluding carboxylic acids is 1. The molecule has 0 spiro atoms. The summed E-state index contributed by atoms with van der Waals surface area (Å²) in [6, 6.07) is 5.37. The van der Waals surface area contributed by atoms with Crippen molar-refractivity contribution in [3.05, 3.63) is 29.3 Å². The van der Waals surface area contributed by atoms with E-state index in [1.54, 1.807) is 12.1 Å². The Bertz CT molecular complexity index is 736. The van der Waals surface area contributed by atoms with Crippen molar-refractivity contribution in [3.8, 4) is 0 Å². The Balaban J connectivity index is 1.48. The van der Waals surface area contributed by atoms with Crippen LogP contribution in [0, 0.1) is 11.8 Å². The van der Waals surface area contributed by atoms with Crippen LogP contribution >= 0.6 is 0 Å². The van der Waals surface area contributed by atoms with Crippen LogP contribution in [0.1, 0.15) is 41.6 Å². The Kier molecular flexibility index (Phi) is 3.78. The first-order chi connectivity index (χ1) is 11.0. The van der Waals surface area contributed by atoms with Gasteiger partial charge in [-0.3, -0.25) is 4.79 Å². The highest BCUT2D eigenvalue weighted by Gasteiger charge is 2.35. The van der Waals surface area contributed by atoms with Crippen molar-refractivity contribution in [1.82, 2.24) is 10.0 Å². The van der Waals surface area contributed by atoms with Gasteiger partial charge in [0.25, 0.3) is 0 Å². The van der Waals surface area contributed by atoms with E-state index in [4.69, 9.17) is 0 Å². The molecule has 0 aromatic heterocycles. The number of hydrogen-bond acceptors (Lipinski definition) is 4. The number of aryl methyl sites for hydroxylation is 1. The molecule has 1 saturated carbocycles. The second-order valence-corrected chi connectivity index (χ2v) is 8.81. The van der Waals surface area contributed by atoms with Crippen LogP contribution in [0.15, 0.2) is 23.1 Å². The normalized spacial score (nSPS) is 29.7. The van der Waals surface area contributed by atoms with Gasteiger partial charge in [0.1, 0.15) is 0 Å². The van der Waals surface area contributed by atoms with Crippen molar-refractivity contribution in [3.63, 3.8) is 0 Å². The van der Waals surface area contributed by atoms with E-state index in [0.717, 1.165) is 31.4 Å². The lowest BCUT2D eigenvalue weighted by molar-refractivity contribution is 0.0994. The van der Waals surface area contributed by atoms with Gasteiger partial charge in [-0.15, -0.1) is 0 Å². The average Bonchev–Trinajstić information content (AvgIpc) is 2.95. The fourth-order valence-electron chi connectivity index (χ4n) is 4.24. The number of nitrogens with one attached hydrogen (secondary N) is 2. The number of hydrogen-bond donors (Lipinski definition) is 2. The minimum absolute atomic E-state index is 0.0471. The third-order valence-electron chi connectivity index (χ3n) is 5.61. The van der Waals surface area contributed by atoms with Crippen molar-refractivity contribution < 1.29 is 13.2 Å². The summed E-state index contributed by atoms with van der Waals surface area (Å²) < 4.78 is 27.8. The summed E-state index contributed by atoms with van der Waals surface area (Å²) >= 11 is 0. The van der Waals surface area contributed by atoms with Crippen LogP contribution < -0.4 is 10.0 Å². The monoisotopic (exact) mass is 334 g/mol. The predicted molar refractivity (Wildman–Crippen MR) is 86.9 cm³/mol. The number of sulfonamides is 1. The molecule has 3 fully saturated rings. The van der Waals surface area contributed by atoms with Gasteiger partial charge in [-0.05, 0) is 61.8 Å². The molecule has 124 valence electrons. The van der Waals surface area contributed by atoms with Gasteiger partial charge >= 0.3 is 0 Å². The number of Topliss-reactive ketones (excluding diaryl/α,β-unsaturated/α-hetero) is 1. The molecule has 3 atom stereocenters. The maximum absolute atomic E-state index is 12.5. The van der Waals surface area contributed by atoms with Gasteiger partial charge in [0.15, 0.2) is 5.78 Å². The second-order valence-electron chi connectivity index (χ2n) is 7.05. The molecule has 2 aliphatic heterocycles. The van der Waals surface area contributed by atoms with Crippen LogP contribution in [-0.4, -0.2) is 33.3 Å². The molecular weight excluding hydrogens is 312 g/mol. The highest BCUT2D eigenvalue weighted by atomic mass is 32.2. The summed E-state index contributed by atoms with van der Waals surface area (Å²) in [5, 5.41) is 3.50. The molecule has 6 heteroatoms. The summed E-state index contributed by atoms with van der Waals surface area (Å²) in [5.74, 6) is 1.10. The Morgan fingerprint density at radius 3 is 2.78 bits per heavy atom. The molecule has 0 radical (unpaired) electrons. The maximum Gasteiger partial charge on any atom is 0.240 e. The number of carbonyl (C=O) groups is 1. The molecule has 2 N–H and O–H groups in total. The SMILES string of the molecule is O=C1CCc2ccc(S(=O)(=O)NCC3CC4CCC3NC4)cc21. The van der Waals surface area contributed by atoms with Crippen LogP contribution in [0.5, 0.6) is 0 Å². The van der Waals surface area contributed by atoms with E-state index in [2.05, 4.69) is 10.0 Å². The summed E-state index contributed by atoms with van der Waals surface area (Å²) in [4.78, 5) is 12.0. The molecule has 5 rings (SSSR count). The number of ketones is 1. The first kappa shape index (κ1) is 15.3. The Morgan fingerprint density at radius 1 is 1.22 bits per heavy atom. The quantitative estimate of drug-likeness (QED) is 0.875. The highest BCUT2D eigenvalue weighted by Crippen LogP contribution is 2.33. The maximum atomic E-state index is 12.5. The summed E-state index contributed by atoms with van der Waals surface area (Å²) in [7, 11) is -3.55. The number of rotatable bonds is 4. The number of fused-ring (bicyclic) bond motifs is 4. The largest absolute Gasteiger partial charge is 0.313 e. The molecule has 3 unspecified atom stereocenters. The van der Waals surface area contributed by atoms with E-state index in [9.17, 15) is 13.2 Å². The standard InChI is InChI=1S/C17H22N2O3S/c20-17-6-3-12-2-4-14(8-15(12)17)23(21,22)19-10-13-7-11-1-5-16(13)18-9-11/h2,4,8,11,13,16,18-19H,1,3,5-7,9-10H2. The number of benzene rings is 1. The van der Waals surface area contributed by atoms with Crippen molar-refractivity contribution in [2.75, 3.05) is 13.1 Å². The lowest BCUT2D eigenvalue weighted by atomic mass is 9.74. The van der Waals surface area contributed by atoms with E-state index in [1.165, 1.54) is 12.5 Å². The first-order valence-corrected chi connectivity index (χ1v) is 9.90. The van der Waals surface area contributed by atoms with Gasteiger partial charge in [-0.2, -0.15) is 0 Å². The van der Waals surface area contributed by atoms with Gasteiger partial charge < -0.3 is 5.32 Å². The van der Waals surface area contributed by atoms with Crippen molar-refractivity contribution in [2.45, 2.75) is 43.0 Å². The third kappa shape index (κ3) is 2.84. The molecule has 2 bridgehead atoms. The smallest absolute Gasteiger partial charge is 0.240 e. The van der Waals surface area contributed by atoms with Crippen LogP contribution in [0.4, 0.5) is 0 Å². The van der Waals surface area contributed by atoms with Crippen molar-refractivity contribution >= 4 is 15.8 Å². The van der Waals surface area contributed by atoms with Gasteiger partial charge in [-0.1, -0.05) is 6.07 Å². The second kappa shape index (κ2) is 5.69. The van der Waals surface area contributed by atoms with Crippen LogP contribution in [0.3, 0.4) is 0 Å². The summed E-state index contributed by atoms with van der Waals surface area (Å²) in [6.07, 6.45) is 4.71. The summed E-state index contributed by atoms with van der Waals surface area (Å²) in [6.45, 7) is 1.54. The molecule has 0 amide bonds. The molecule has 2 heterocycles. The lowest BCUT2D eigenvalue weighted by Gasteiger charge is -2.43. The van der Waals surface area contributed by atoms with E-state index < -0.39 is 10.0 Å². The molecule has 4 aliphatic rings. The average molecular weight is 334 g/mol. The minimum Gasteiger partial charge on any atom is -0.313 e. The molecule has 23 heavy (non-hydrogen) atoms. The fraction of sp³-hybridized carbons (Fsp3) is 0.588. The fourth-order valence-corrected chi connectivity index (χ4v) is 5.36. The minimum atomic E-state index is -3.55. The van der Waals surface area contributed by atoms with Crippen LogP contribution in [0.2, 0.25) is 0 Å². The van der Waals surface area contributed by atoms with E-state index >= 15 is 0 Å². The van der Waals surface area contributed by atoms with Gasteiger partial charge in [0.05, 0.1) is 4.90 Å². The predicted octanol–water partition coefficient (Wildman–Crippen LogP) is 1.48. The highest BCUT2D eigenvalue weighted by molar-refractivity contribution is 7.89. The zero-order valence-electron chi connectivity index (χ0n) is 13.0. The van der Waals surface area contributed by atoms with Crippen molar-refractivity contribution in [2.24, 2.45) is 11.8 Å². The molecule has 1 aromatic carbocycles. The Labute approximate surface area is 136 Å². The molecule has 2 saturated heterocycles. The molecule has 5 nitrogen and oxygen atoms in total.